The quantitative estimate of drug-likeness (QED) is 0.477. The predicted octanol–water partition coefficient (Wildman–Crippen LogP) is 5.92. The monoisotopic (exact) mass is 446 g/mol. The summed E-state index contributed by atoms with van der Waals surface area (Å²) in [4.78, 5) is 4.50. The molecule has 3 aromatic rings. The van der Waals surface area contributed by atoms with Crippen LogP contribution >= 0.6 is 11.9 Å². The zero-order chi connectivity index (χ0) is 22.0. The Balaban J connectivity index is 1.56. The molecule has 2 unspecified atom stereocenters. The maximum atomic E-state index is 12.6. The molecule has 0 radical (unpaired) electrons. The molecule has 1 aliphatic heterocycles. The molecule has 0 saturated heterocycles. The number of nitrogens with one attached hydrogen (secondary N) is 1. The first-order chi connectivity index (χ1) is 14.8. The number of nitrogens with zero attached hydrogens (tertiary/aromatic N) is 1. The zero-order valence-corrected chi connectivity index (χ0v) is 17.5. The molecule has 162 valence electrons. The molecule has 31 heavy (non-hydrogen) atoms. The molecule has 0 amide bonds. The summed E-state index contributed by atoms with van der Waals surface area (Å²) in [5, 5.41) is 10.9. The van der Waals surface area contributed by atoms with Crippen molar-refractivity contribution in [1.82, 2.24) is 4.98 Å². The van der Waals surface area contributed by atoms with Crippen molar-refractivity contribution in [2.75, 3.05) is 11.3 Å². The van der Waals surface area contributed by atoms with Crippen LogP contribution in [0.3, 0.4) is 0 Å². The number of para-hydroxylation sites is 1. The number of hydrogen-bond donors (Lipinski definition) is 2. The van der Waals surface area contributed by atoms with Crippen LogP contribution in [0.15, 0.2) is 60.7 Å². The Kier molecular flexibility index (Phi) is 6.11. The van der Waals surface area contributed by atoms with Crippen LogP contribution in [0.5, 0.6) is 5.75 Å². The molecule has 0 fully saturated rings. The van der Waals surface area contributed by atoms with Crippen LogP contribution in [0.2, 0.25) is 0 Å². The van der Waals surface area contributed by atoms with Gasteiger partial charge in [-0.25, -0.2) is 0 Å². The van der Waals surface area contributed by atoms with Crippen LogP contribution in [0, 0.1) is 12.8 Å². The highest BCUT2D eigenvalue weighted by atomic mass is 32.2. The van der Waals surface area contributed by atoms with Gasteiger partial charge in [-0.15, -0.1) is 0 Å². The van der Waals surface area contributed by atoms with Crippen molar-refractivity contribution in [3.63, 3.8) is 0 Å². The van der Waals surface area contributed by atoms with E-state index in [1.165, 1.54) is 0 Å². The summed E-state index contributed by atoms with van der Waals surface area (Å²) in [6.07, 6.45) is -0.125. The third kappa shape index (κ3) is 5.14. The van der Waals surface area contributed by atoms with Crippen LogP contribution in [0.1, 0.15) is 23.1 Å². The first kappa shape index (κ1) is 21.5. The van der Waals surface area contributed by atoms with Gasteiger partial charge in [-0.2, -0.15) is 13.2 Å². The summed E-state index contributed by atoms with van der Waals surface area (Å²) in [7, 11) is 0. The molecule has 4 nitrogen and oxygen atoms in total. The van der Waals surface area contributed by atoms with Crippen molar-refractivity contribution in [3.8, 4) is 16.9 Å². The second-order valence-electron chi connectivity index (χ2n) is 7.44. The lowest BCUT2D eigenvalue weighted by atomic mass is 9.88. The molecular formula is C23H21F3N2O2S. The fourth-order valence-corrected chi connectivity index (χ4v) is 4.11. The summed E-state index contributed by atoms with van der Waals surface area (Å²) >= 11 is -0.300. The van der Waals surface area contributed by atoms with Gasteiger partial charge in [-0.1, -0.05) is 36.4 Å². The lowest BCUT2D eigenvalue weighted by Crippen LogP contribution is -2.28. The smallest absolute Gasteiger partial charge is 0.461 e. The molecule has 1 aliphatic rings. The van der Waals surface area contributed by atoms with Crippen LogP contribution in [-0.4, -0.2) is 22.2 Å². The van der Waals surface area contributed by atoms with Gasteiger partial charge in [0, 0.05) is 28.4 Å². The van der Waals surface area contributed by atoms with Gasteiger partial charge < -0.3 is 14.6 Å². The molecule has 8 heteroatoms. The van der Waals surface area contributed by atoms with Gasteiger partial charge in [0.2, 0.25) is 0 Å². The number of pyridine rings is 1. The summed E-state index contributed by atoms with van der Waals surface area (Å²) < 4.78 is 46.1. The van der Waals surface area contributed by atoms with E-state index in [-0.39, 0.29) is 17.9 Å². The van der Waals surface area contributed by atoms with Gasteiger partial charge in [0.15, 0.2) is 0 Å². The Morgan fingerprint density at radius 1 is 1.13 bits per heavy atom. The van der Waals surface area contributed by atoms with Crippen molar-refractivity contribution in [2.45, 2.75) is 25.0 Å². The van der Waals surface area contributed by atoms with E-state index in [0.717, 1.165) is 11.4 Å². The number of aliphatic hydroxyl groups excluding tert-OH is 1. The third-order valence-electron chi connectivity index (χ3n) is 5.16. The number of aromatic nitrogens is 1. The SMILES string of the molecule is Cc1cccc(CC2COc3cc(-c4ccccc4NSC(F)(F)F)ccc3C2O)n1. The minimum atomic E-state index is -4.39. The second-order valence-corrected chi connectivity index (χ2v) is 8.31. The van der Waals surface area contributed by atoms with Gasteiger partial charge in [0.05, 0.1) is 30.3 Å². The Morgan fingerprint density at radius 2 is 1.94 bits per heavy atom. The predicted molar refractivity (Wildman–Crippen MR) is 116 cm³/mol. The molecule has 2 atom stereocenters. The average Bonchev–Trinajstić information content (AvgIpc) is 2.74. The van der Waals surface area contributed by atoms with Crippen LogP contribution in [0.4, 0.5) is 18.9 Å². The van der Waals surface area contributed by atoms with E-state index in [0.29, 0.717) is 41.2 Å². The van der Waals surface area contributed by atoms with E-state index in [1.54, 1.807) is 42.5 Å². The Hall–Kier alpha value is -2.71. The molecular weight excluding hydrogens is 425 g/mol. The molecule has 1 aromatic heterocycles. The number of anilines is 1. The van der Waals surface area contributed by atoms with Crippen LogP contribution in [0.25, 0.3) is 11.1 Å². The van der Waals surface area contributed by atoms with Gasteiger partial charge >= 0.3 is 5.51 Å². The molecule has 0 bridgehead atoms. The van der Waals surface area contributed by atoms with Gasteiger partial charge in [0.1, 0.15) is 5.75 Å². The molecule has 0 spiro atoms. The lowest BCUT2D eigenvalue weighted by Gasteiger charge is -2.30. The highest BCUT2D eigenvalue weighted by Crippen LogP contribution is 2.41. The number of fused-ring (bicyclic) bond motifs is 1. The Morgan fingerprint density at radius 3 is 2.71 bits per heavy atom. The number of ether oxygens (including phenoxy) is 1. The summed E-state index contributed by atoms with van der Waals surface area (Å²) in [5.74, 6) is 0.404. The zero-order valence-electron chi connectivity index (χ0n) is 16.7. The van der Waals surface area contributed by atoms with E-state index >= 15 is 0 Å². The Labute approximate surface area is 182 Å². The van der Waals surface area contributed by atoms with Gasteiger partial charge in [0.25, 0.3) is 0 Å². The number of aliphatic hydroxyl groups is 1. The highest BCUT2D eigenvalue weighted by molar-refractivity contribution is 8.01. The fourth-order valence-electron chi connectivity index (χ4n) is 3.70. The van der Waals surface area contributed by atoms with E-state index in [2.05, 4.69) is 9.71 Å². The highest BCUT2D eigenvalue weighted by Gasteiger charge is 2.31. The maximum absolute atomic E-state index is 12.6. The number of hydrogen-bond acceptors (Lipinski definition) is 5. The van der Waals surface area contributed by atoms with Gasteiger partial charge in [-0.05, 0) is 43.2 Å². The minimum absolute atomic E-state index is 0.134. The molecule has 2 heterocycles. The molecule has 4 rings (SSSR count). The Bertz CT molecular complexity index is 1070. The largest absolute Gasteiger partial charge is 0.493 e. The third-order valence-corrected chi connectivity index (χ3v) is 5.72. The first-order valence-corrected chi connectivity index (χ1v) is 10.6. The topological polar surface area (TPSA) is 54.4 Å². The standard InChI is InChI=1S/C23H21F3N2O2S/c1-14-5-4-6-17(27-14)11-16-13-30-21-12-15(9-10-19(21)22(16)29)18-7-2-3-8-20(18)28-31-23(24,25)26/h2-10,12,16,22,28-29H,11,13H2,1H3. The van der Waals surface area contributed by atoms with Crippen molar-refractivity contribution in [3.05, 3.63) is 77.6 Å². The van der Waals surface area contributed by atoms with E-state index < -0.39 is 11.6 Å². The lowest BCUT2D eigenvalue weighted by molar-refractivity contribution is -0.0323. The average molecular weight is 446 g/mol. The first-order valence-electron chi connectivity index (χ1n) is 9.77. The number of rotatable bonds is 5. The molecule has 0 saturated carbocycles. The van der Waals surface area contributed by atoms with Crippen LogP contribution < -0.4 is 9.46 Å². The van der Waals surface area contributed by atoms with Crippen molar-refractivity contribution >= 4 is 17.6 Å². The molecule has 2 aromatic carbocycles. The van der Waals surface area contributed by atoms with Gasteiger partial charge in [-0.3, -0.25) is 4.98 Å². The molecule has 2 N–H and O–H groups in total. The minimum Gasteiger partial charge on any atom is -0.493 e. The second kappa shape index (κ2) is 8.80. The summed E-state index contributed by atoms with van der Waals surface area (Å²) in [5.41, 5.74) is -0.231. The fraction of sp³-hybridized carbons (Fsp3) is 0.261. The number of alkyl halides is 3. The normalized spacial score (nSPS) is 18.2. The number of halogens is 3. The van der Waals surface area contributed by atoms with Crippen molar-refractivity contribution in [2.24, 2.45) is 5.92 Å². The number of benzene rings is 2. The summed E-state index contributed by atoms with van der Waals surface area (Å²) in [6.45, 7) is 2.26. The summed E-state index contributed by atoms with van der Waals surface area (Å²) in [6, 6.07) is 17.9. The van der Waals surface area contributed by atoms with E-state index in [1.807, 2.05) is 25.1 Å². The van der Waals surface area contributed by atoms with Crippen LogP contribution in [-0.2, 0) is 6.42 Å². The van der Waals surface area contributed by atoms with Crippen molar-refractivity contribution < 1.29 is 23.0 Å². The number of aryl methyl sites for hydroxylation is 1. The molecule has 0 aliphatic carbocycles. The van der Waals surface area contributed by atoms with Crippen molar-refractivity contribution in [1.29, 1.82) is 0 Å². The van der Waals surface area contributed by atoms with E-state index in [9.17, 15) is 18.3 Å². The van der Waals surface area contributed by atoms with E-state index in [4.69, 9.17) is 4.74 Å². The maximum Gasteiger partial charge on any atom is 0.461 e.